The van der Waals surface area contributed by atoms with Crippen molar-refractivity contribution in [3.63, 3.8) is 0 Å². The molecule has 66 valence electrons. The summed E-state index contributed by atoms with van der Waals surface area (Å²) >= 11 is 4.72. The summed E-state index contributed by atoms with van der Waals surface area (Å²) in [5.41, 5.74) is -0.738. The minimum atomic E-state index is -0.738. The average Bonchev–Trinajstić information content (AvgIpc) is 1.89. The van der Waals surface area contributed by atoms with E-state index in [0.717, 1.165) is 6.41 Å². The maximum absolute atomic E-state index is 9.59. The zero-order valence-electron chi connectivity index (χ0n) is 6.83. The molecule has 0 saturated carbocycles. The molecular formula is C6H12ClNO3. The van der Waals surface area contributed by atoms with Gasteiger partial charge in [0, 0.05) is 25.7 Å². The number of nitrogens with zero attached hydrogens (tertiary/aromatic N) is 1. The monoisotopic (exact) mass is 181 g/mol. The van der Waals surface area contributed by atoms with Crippen LogP contribution in [0.1, 0.15) is 6.92 Å². The molecule has 4 nitrogen and oxygen atoms in total. The van der Waals surface area contributed by atoms with Gasteiger partial charge in [0.25, 0.3) is 0 Å². The van der Waals surface area contributed by atoms with E-state index >= 15 is 0 Å². The summed E-state index contributed by atoms with van der Waals surface area (Å²) in [6.45, 7) is 2.04. The first-order valence-corrected chi connectivity index (χ1v) is 3.36. The van der Waals surface area contributed by atoms with Gasteiger partial charge in [-0.25, -0.2) is 4.79 Å². The molecule has 1 amide bonds. The zero-order valence-corrected chi connectivity index (χ0v) is 7.59. The Morgan fingerprint density at radius 2 is 2.00 bits per heavy atom. The molecule has 0 aliphatic carbocycles. The van der Waals surface area contributed by atoms with Crippen LogP contribution >= 0.6 is 11.6 Å². The fourth-order valence-electron chi connectivity index (χ4n) is 0.113. The van der Waals surface area contributed by atoms with Crippen LogP contribution in [0.4, 0.5) is 4.79 Å². The second-order valence-corrected chi connectivity index (χ2v) is 2.05. The van der Waals surface area contributed by atoms with Crippen LogP contribution in [0.2, 0.25) is 0 Å². The molecule has 0 bridgehead atoms. The van der Waals surface area contributed by atoms with Crippen molar-refractivity contribution in [3.05, 3.63) is 0 Å². The Bertz CT molecular complexity index is 116. The maximum atomic E-state index is 9.59. The Morgan fingerprint density at radius 1 is 1.64 bits per heavy atom. The fraction of sp³-hybridized carbons (Fsp3) is 0.667. The van der Waals surface area contributed by atoms with E-state index in [0.29, 0.717) is 6.61 Å². The van der Waals surface area contributed by atoms with Gasteiger partial charge < -0.3 is 9.64 Å². The zero-order chi connectivity index (χ0) is 9.28. The van der Waals surface area contributed by atoms with Crippen LogP contribution < -0.4 is 0 Å². The van der Waals surface area contributed by atoms with Crippen molar-refractivity contribution < 1.29 is 14.3 Å². The second kappa shape index (κ2) is 9.23. The van der Waals surface area contributed by atoms with Gasteiger partial charge in [0.2, 0.25) is 6.41 Å². The van der Waals surface area contributed by atoms with E-state index in [-0.39, 0.29) is 0 Å². The van der Waals surface area contributed by atoms with E-state index in [4.69, 9.17) is 11.6 Å². The van der Waals surface area contributed by atoms with Crippen LogP contribution in [-0.2, 0) is 9.53 Å². The van der Waals surface area contributed by atoms with Gasteiger partial charge in [-0.1, -0.05) is 0 Å². The van der Waals surface area contributed by atoms with Gasteiger partial charge in [-0.3, -0.25) is 4.79 Å². The highest BCUT2D eigenvalue weighted by Crippen LogP contribution is 1.82. The van der Waals surface area contributed by atoms with E-state index in [1.54, 1.807) is 21.0 Å². The molecule has 0 aromatic carbocycles. The lowest BCUT2D eigenvalue weighted by Crippen LogP contribution is -2.06. The highest BCUT2D eigenvalue weighted by molar-refractivity contribution is 6.61. The minimum Gasteiger partial charge on any atom is -0.454 e. The average molecular weight is 182 g/mol. The molecule has 0 aromatic heterocycles. The van der Waals surface area contributed by atoms with Crippen LogP contribution in [0.3, 0.4) is 0 Å². The molecule has 0 radical (unpaired) electrons. The molecular weight excluding hydrogens is 170 g/mol. The van der Waals surface area contributed by atoms with Crippen molar-refractivity contribution in [3.8, 4) is 0 Å². The number of hydrogen-bond acceptors (Lipinski definition) is 3. The first-order chi connectivity index (χ1) is 5.04. The molecule has 0 aromatic rings. The molecule has 0 fully saturated rings. The molecule has 0 unspecified atom stereocenters. The van der Waals surface area contributed by atoms with Gasteiger partial charge in [0.15, 0.2) is 0 Å². The van der Waals surface area contributed by atoms with Crippen molar-refractivity contribution in [1.29, 1.82) is 0 Å². The van der Waals surface area contributed by atoms with Crippen molar-refractivity contribution in [2.24, 2.45) is 0 Å². The lowest BCUT2D eigenvalue weighted by atomic mass is 10.9. The number of hydrogen-bond donors (Lipinski definition) is 0. The molecule has 0 rings (SSSR count). The van der Waals surface area contributed by atoms with E-state index in [2.05, 4.69) is 4.74 Å². The van der Waals surface area contributed by atoms with Crippen LogP contribution in [-0.4, -0.2) is 37.4 Å². The third kappa shape index (κ3) is 27.0. The van der Waals surface area contributed by atoms with Crippen LogP contribution in [0.25, 0.3) is 0 Å². The Labute approximate surface area is 71.1 Å². The Morgan fingerprint density at radius 3 is 2.00 bits per heavy atom. The van der Waals surface area contributed by atoms with Gasteiger partial charge in [-0.05, 0) is 6.92 Å². The molecule has 5 heteroatoms. The molecule has 0 aliphatic heterocycles. The summed E-state index contributed by atoms with van der Waals surface area (Å²) in [7, 11) is 3.38. The maximum Gasteiger partial charge on any atom is 0.403 e. The van der Waals surface area contributed by atoms with E-state index in [1.165, 1.54) is 4.90 Å². The molecule has 0 aliphatic rings. The van der Waals surface area contributed by atoms with Crippen molar-refractivity contribution in [2.45, 2.75) is 6.92 Å². The molecule has 11 heavy (non-hydrogen) atoms. The third-order valence-electron chi connectivity index (χ3n) is 0.469. The standard InChI is InChI=1S/C3H5ClO2.C3H7NO/c1-2-6-3(4)5;1-4(2)3-5/h2H2,1H3;3H,1-2H3. The lowest BCUT2D eigenvalue weighted by Gasteiger charge is -1.93. The first-order valence-electron chi connectivity index (χ1n) is 2.98. The largest absolute Gasteiger partial charge is 0.454 e. The van der Waals surface area contributed by atoms with E-state index < -0.39 is 5.43 Å². The van der Waals surface area contributed by atoms with Crippen LogP contribution in [0, 0.1) is 0 Å². The van der Waals surface area contributed by atoms with E-state index in [1.807, 2.05) is 0 Å². The highest BCUT2D eigenvalue weighted by Gasteiger charge is 1.86. The van der Waals surface area contributed by atoms with Gasteiger partial charge >= 0.3 is 5.43 Å². The highest BCUT2D eigenvalue weighted by atomic mass is 35.5. The minimum absolute atomic E-state index is 0.350. The quantitative estimate of drug-likeness (QED) is 0.473. The predicted molar refractivity (Wildman–Crippen MR) is 42.6 cm³/mol. The normalized spacial score (nSPS) is 7.27. The molecule has 0 saturated heterocycles. The Hall–Kier alpha value is -0.770. The first kappa shape index (κ1) is 12.9. The Balaban J connectivity index is 0. The summed E-state index contributed by atoms with van der Waals surface area (Å²) in [4.78, 5) is 20.5. The predicted octanol–water partition coefficient (Wildman–Crippen LogP) is 1.09. The summed E-state index contributed by atoms with van der Waals surface area (Å²) in [6, 6.07) is 0. The molecule has 0 N–H and O–H groups in total. The number of halogens is 1. The number of rotatable bonds is 2. The molecule has 0 spiro atoms. The smallest absolute Gasteiger partial charge is 0.403 e. The van der Waals surface area contributed by atoms with E-state index in [9.17, 15) is 9.59 Å². The van der Waals surface area contributed by atoms with Crippen molar-refractivity contribution in [2.75, 3.05) is 20.7 Å². The lowest BCUT2D eigenvalue weighted by molar-refractivity contribution is -0.115. The van der Waals surface area contributed by atoms with Crippen molar-refractivity contribution in [1.82, 2.24) is 4.90 Å². The van der Waals surface area contributed by atoms with Crippen LogP contribution in [0.15, 0.2) is 0 Å². The number of carbonyl (C=O) groups excluding carboxylic acids is 2. The Kier molecular flexibility index (Phi) is 10.8. The second-order valence-electron chi connectivity index (χ2n) is 1.74. The summed E-state index contributed by atoms with van der Waals surface area (Å²) < 4.78 is 4.17. The van der Waals surface area contributed by atoms with Gasteiger partial charge in [-0.15, -0.1) is 0 Å². The molecule has 0 heterocycles. The topological polar surface area (TPSA) is 46.6 Å². The van der Waals surface area contributed by atoms with Gasteiger partial charge in [-0.2, -0.15) is 0 Å². The van der Waals surface area contributed by atoms with Gasteiger partial charge in [0.05, 0.1) is 6.61 Å². The third-order valence-corrected chi connectivity index (χ3v) is 0.578. The van der Waals surface area contributed by atoms with Gasteiger partial charge in [0.1, 0.15) is 0 Å². The number of amides is 1. The van der Waals surface area contributed by atoms with Crippen LogP contribution in [0.5, 0.6) is 0 Å². The number of ether oxygens (including phenoxy) is 1. The SMILES string of the molecule is CCOC(=O)Cl.CN(C)C=O. The summed E-state index contributed by atoms with van der Waals surface area (Å²) in [6.07, 6.45) is 0.750. The fourth-order valence-corrected chi connectivity index (χ4v) is 0.223. The van der Waals surface area contributed by atoms with Crippen molar-refractivity contribution >= 4 is 23.4 Å². The summed E-state index contributed by atoms with van der Waals surface area (Å²) in [5.74, 6) is 0. The molecule has 0 atom stereocenters. The summed E-state index contributed by atoms with van der Waals surface area (Å²) in [5, 5.41) is 0. The number of carbonyl (C=O) groups is 2.